The summed E-state index contributed by atoms with van der Waals surface area (Å²) in [5.41, 5.74) is 0.339. The average Bonchev–Trinajstić information content (AvgIpc) is 2.51. The highest BCUT2D eigenvalue weighted by Crippen LogP contribution is 2.14. The number of anilines is 1. The number of carbonyl (C=O) groups is 2. The maximum atomic E-state index is 11.7. The second-order valence-corrected chi connectivity index (χ2v) is 6.30. The molecular weight excluding hydrogens is 344 g/mol. The van der Waals surface area contributed by atoms with E-state index in [4.69, 9.17) is 0 Å². The number of carbonyl (C=O) groups excluding carboxylic acids is 2. The second-order valence-electron chi connectivity index (χ2n) is 4.41. The van der Waals surface area contributed by atoms with Crippen LogP contribution in [0.1, 0.15) is 6.42 Å². The molecular formula is C13H21ClN4O4S. The zero-order valence-corrected chi connectivity index (χ0v) is 14.5. The summed E-state index contributed by atoms with van der Waals surface area (Å²) in [5.74, 6) is -0.673. The molecule has 0 spiro atoms. The molecule has 0 atom stereocenters. The highest BCUT2D eigenvalue weighted by molar-refractivity contribution is 7.89. The molecule has 1 aromatic rings. The molecule has 2 amide bonds. The normalized spacial score (nSPS) is 10.5. The summed E-state index contributed by atoms with van der Waals surface area (Å²) in [6, 6.07) is 5.84. The third-order valence-corrected chi connectivity index (χ3v) is 4.16. The summed E-state index contributed by atoms with van der Waals surface area (Å²) in [4.78, 5) is 23.1. The number of amides is 2. The van der Waals surface area contributed by atoms with E-state index in [9.17, 15) is 18.0 Å². The van der Waals surface area contributed by atoms with Gasteiger partial charge in [0.2, 0.25) is 21.8 Å². The molecule has 10 heteroatoms. The molecule has 0 heterocycles. The minimum Gasteiger partial charge on any atom is -0.347 e. The van der Waals surface area contributed by atoms with Crippen molar-refractivity contribution in [3.63, 3.8) is 0 Å². The van der Waals surface area contributed by atoms with Gasteiger partial charge in [-0.15, -0.1) is 12.4 Å². The molecule has 0 saturated carbocycles. The fourth-order valence-electron chi connectivity index (χ4n) is 1.57. The summed E-state index contributed by atoms with van der Waals surface area (Å²) in [5, 5.41) is 7.83. The molecule has 23 heavy (non-hydrogen) atoms. The van der Waals surface area contributed by atoms with Gasteiger partial charge >= 0.3 is 0 Å². The maximum absolute atomic E-state index is 11.7. The molecule has 0 fully saturated rings. The molecule has 0 saturated heterocycles. The van der Waals surface area contributed by atoms with Gasteiger partial charge in [-0.25, -0.2) is 13.1 Å². The van der Waals surface area contributed by atoms with Crippen molar-refractivity contribution >= 4 is 39.9 Å². The largest absolute Gasteiger partial charge is 0.347 e. The number of halogens is 1. The van der Waals surface area contributed by atoms with Crippen LogP contribution < -0.4 is 20.7 Å². The van der Waals surface area contributed by atoms with E-state index in [0.29, 0.717) is 12.2 Å². The number of benzene rings is 1. The van der Waals surface area contributed by atoms with E-state index >= 15 is 0 Å². The lowest BCUT2D eigenvalue weighted by Gasteiger charge is -2.08. The van der Waals surface area contributed by atoms with Crippen LogP contribution in [0.15, 0.2) is 29.2 Å². The predicted octanol–water partition coefficient (Wildman–Crippen LogP) is -0.319. The van der Waals surface area contributed by atoms with E-state index in [1.165, 1.54) is 25.2 Å². The Labute approximate surface area is 141 Å². The quantitative estimate of drug-likeness (QED) is 0.504. The van der Waals surface area contributed by atoms with Gasteiger partial charge in [0.1, 0.15) is 0 Å². The topological polar surface area (TPSA) is 116 Å². The van der Waals surface area contributed by atoms with Gasteiger partial charge in [0.15, 0.2) is 0 Å². The number of hydrogen-bond acceptors (Lipinski definition) is 5. The molecule has 1 rings (SSSR count). The Morgan fingerprint density at radius 2 is 1.83 bits per heavy atom. The lowest BCUT2D eigenvalue weighted by Crippen LogP contribution is -2.34. The molecule has 0 aliphatic heterocycles. The van der Waals surface area contributed by atoms with Crippen LogP contribution in [-0.4, -0.2) is 47.4 Å². The molecule has 0 bridgehead atoms. The SMILES string of the molecule is CNCCC(=O)NCC(=O)Nc1cccc(S(=O)(=O)NC)c1.Cl. The second kappa shape index (κ2) is 10.2. The van der Waals surface area contributed by atoms with Crippen molar-refractivity contribution in [3.05, 3.63) is 24.3 Å². The summed E-state index contributed by atoms with van der Waals surface area (Å²) in [6.45, 7) is 0.350. The highest BCUT2D eigenvalue weighted by atomic mass is 35.5. The van der Waals surface area contributed by atoms with Gasteiger partial charge in [-0.1, -0.05) is 6.07 Å². The Bertz CT molecular complexity index is 637. The van der Waals surface area contributed by atoms with Crippen molar-refractivity contribution in [1.82, 2.24) is 15.4 Å². The summed E-state index contributed by atoms with van der Waals surface area (Å²) in [7, 11) is -0.535. The minimum absolute atomic E-state index is 0. The van der Waals surface area contributed by atoms with Gasteiger partial charge in [-0.3, -0.25) is 9.59 Å². The first-order valence-electron chi connectivity index (χ1n) is 6.64. The first-order chi connectivity index (χ1) is 10.4. The third kappa shape index (κ3) is 7.42. The average molecular weight is 365 g/mol. The van der Waals surface area contributed by atoms with Crippen LogP contribution in [0.3, 0.4) is 0 Å². The van der Waals surface area contributed by atoms with Gasteiger partial charge in [-0.2, -0.15) is 0 Å². The first kappa shape index (κ1) is 21.3. The fourth-order valence-corrected chi connectivity index (χ4v) is 2.35. The van der Waals surface area contributed by atoms with Crippen molar-refractivity contribution in [3.8, 4) is 0 Å². The van der Waals surface area contributed by atoms with Crippen LogP contribution in [0.5, 0.6) is 0 Å². The number of nitrogens with one attached hydrogen (secondary N) is 4. The Hall–Kier alpha value is -1.68. The third-order valence-electron chi connectivity index (χ3n) is 2.74. The highest BCUT2D eigenvalue weighted by Gasteiger charge is 2.12. The van der Waals surface area contributed by atoms with E-state index in [-0.39, 0.29) is 36.2 Å². The summed E-state index contributed by atoms with van der Waals surface area (Å²) < 4.78 is 25.5. The molecule has 0 aliphatic rings. The monoisotopic (exact) mass is 364 g/mol. The molecule has 0 radical (unpaired) electrons. The Balaban J connectivity index is 0.00000484. The minimum atomic E-state index is -3.57. The van der Waals surface area contributed by atoms with E-state index in [1.54, 1.807) is 13.1 Å². The van der Waals surface area contributed by atoms with Crippen molar-refractivity contribution in [2.24, 2.45) is 0 Å². The van der Waals surface area contributed by atoms with Crippen LogP contribution in [0.25, 0.3) is 0 Å². The van der Waals surface area contributed by atoms with E-state index in [1.807, 2.05) is 0 Å². The van der Waals surface area contributed by atoms with Crippen molar-refractivity contribution in [1.29, 1.82) is 0 Å². The molecule has 8 nitrogen and oxygen atoms in total. The molecule has 0 aromatic heterocycles. The molecule has 0 unspecified atom stereocenters. The van der Waals surface area contributed by atoms with E-state index < -0.39 is 15.9 Å². The number of hydrogen-bond donors (Lipinski definition) is 4. The van der Waals surface area contributed by atoms with Crippen molar-refractivity contribution in [2.45, 2.75) is 11.3 Å². The zero-order valence-electron chi connectivity index (χ0n) is 12.9. The van der Waals surface area contributed by atoms with Gasteiger partial charge in [0, 0.05) is 18.7 Å². The Morgan fingerprint density at radius 3 is 2.43 bits per heavy atom. The summed E-state index contributed by atoms with van der Waals surface area (Å²) >= 11 is 0. The van der Waals surface area contributed by atoms with Crippen molar-refractivity contribution < 1.29 is 18.0 Å². The van der Waals surface area contributed by atoms with Crippen LogP contribution in [0, 0.1) is 0 Å². The zero-order chi connectivity index (χ0) is 16.6. The van der Waals surface area contributed by atoms with Gasteiger partial charge < -0.3 is 16.0 Å². The van der Waals surface area contributed by atoms with Crippen LogP contribution >= 0.6 is 12.4 Å². The van der Waals surface area contributed by atoms with Gasteiger partial charge in [-0.05, 0) is 32.3 Å². The molecule has 4 N–H and O–H groups in total. The van der Waals surface area contributed by atoms with Gasteiger partial charge in [0.05, 0.1) is 11.4 Å². The number of rotatable bonds is 8. The maximum Gasteiger partial charge on any atom is 0.243 e. The van der Waals surface area contributed by atoms with Crippen LogP contribution in [0.2, 0.25) is 0 Å². The Kier molecular flexibility index (Phi) is 9.42. The standard InChI is InChI=1S/C13H20N4O4S.ClH/c1-14-7-6-12(18)16-9-13(19)17-10-4-3-5-11(8-10)22(20,21)15-2;/h3-5,8,14-15H,6-7,9H2,1-2H3,(H,16,18)(H,17,19);1H. The smallest absolute Gasteiger partial charge is 0.243 e. The molecule has 0 aliphatic carbocycles. The van der Waals surface area contributed by atoms with Gasteiger partial charge in [0.25, 0.3) is 0 Å². The predicted molar refractivity (Wildman–Crippen MR) is 90.1 cm³/mol. The Morgan fingerprint density at radius 1 is 1.13 bits per heavy atom. The van der Waals surface area contributed by atoms with E-state index in [0.717, 1.165) is 0 Å². The first-order valence-corrected chi connectivity index (χ1v) is 8.12. The van der Waals surface area contributed by atoms with Crippen LogP contribution in [-0.2, 0) is 19.6 Å². The van der Waals surface area contributed by atoms with Crippen molar-refractivity contribution in [2.75, 3.05) is 32.5 Å². The lowest BCUT2D eigenvalue weighted by molar-refractivity contribution is -0.124. The number of sulfonamides is 1. The fraction of sp³-hybridized carbons (Fsp3) is 0.385. The molecule has 1 aromatic carbocycles. The molecule has 130 valence electrons. The summed E-state index contributed by atoms with van der Waals surface area (Å²) in [6.07, 6.45) is 0.277. The lowest BCUT2D eigenvalue weighted by atomic mass is 10.3. The van der Waals surface area contributed by atoms with Crippen LogP contribution in [0.4, 0.5) is 5.69 Å². The van der Waals surface area contributed by atoms with E-state index in [2.05, 4.69) is 20.7 Å².